The van der Waals surface area contributed by atoms with Gasteiger partial charge in [-0.3, -0.25) is 9.78 Å². The van der Waals surface area contributed by atoms with Gasteiger partial charge in [0, 0.05) is 29.1 Å². The molecule has 0 radical (unpaired) electrons. The van der Waals surface area contributed by atoms with Crippen LogP contribution in [0.5, 0.6) is 0 Å². The summed E-state index contributed by atoms with van der Waals surface area (Å²) >= 11 is 0. The van der Waals surface area contributed by atoms with Crippen molar-refractivity contribution in [3.8, 4) is 11.6 Å². The number of rotatable bonds is 4. The molecule has 1 atom stereocenters. The number of carbonyl (C=O) groups excluding carboxylic acids is 1. The molecule has 6 rings (SSSR count). The molecule has 0 saturated carbocycles. The van der Waals surface area contributed by atoms with Crippen LogP contribution in [0.3, 0.4) is 0 Å². The van der Waals surface area contributed by atoms with Gasteiger partial charge in [0.15, 0.2) is 0 Å². The van der Waals surface area contributed by atoms with Gasteiger partial charge in [0.2, 0.25) is 11.8 Å². The first-order chi connectivity index (χ1) is 16.2. The van der Waals surface area contributed by atoms with Crippen molar-refractivity contribution in [1.29, 1.82) is 0 Å². The second kappa shape index (κ2) is 7.85. The summed E-state index contributed by atoms with van der Waals surface area (Å²) in [6.45, 7) is 2.69. The minimum Gasteiger partial charge on any atom is -0.464 e. The summed E-state index contributed by atoms with van der Waals surface area (Å²) in [6, 6.07) is 15.7. The third-order valence-corrected chi connectivity index (χ3v) is 6.33. The fraction of sp³-hybridized carbons (Fsp3) is 0.231. The number of fused-ring (bicyclic) bond motifs is 2. The summed E-state index contributed by atoms with van der Waals surface area (Å²) in [7, 11) is 0. The first-order valence-corrected chi connectivity index (χ1v) is 11.1. The van der Waals surface area contributed by atoms with E-state index in [0.29, 0.717) is 24.0 Å². The lowest BCUT2D eigenvalue weighted by Gasteiger charge is -2.21. The van der Waals surface area contributed by atoms with E-state index in [2.05, 4.69) is 15.2 Å². The molecule has 1 amide bonds. The molecule has 1 aliphatic rings. The first kappa shape index (κ1) is 19.7. The van der Waals surface area contributed by atoms with E-state index < -0.39 is 0 Å². The van der Waals surface area contributed by atoms with Crippen molar-refractivity contribution < 1.29 is 13.6 Å². The Hall–Kier alpha value is -4.00. The first-order valence-electron chi connectivity index (χ1n) is 11.1. The molecule has 1 aliphatic heterocycles. The van der Waals surface area contributed by atoms with Crippen molar-refractivity contribution in [2.24, 2.45) is 0 Å². The van der Waals surface area contributed by atoms with Crippen molar-refractivity contribution in [3.63, 3.8) is 0 Å². The summed E-state index contributed by atoms with van der Waals surface area (Å²) in [6.07, 6.45) is 5.39. The Bertz CT molecular complexity index is 1480. The molecular formula is C26H22N4O3. The summed E-state index contributed by atoms with van der Waals surface area (Å²) in [5.74, 6) is 0.861. The molecule has 5 aromatic rings. The Labute approximate surface area is 190 Å². The van der Waals surface area contributed by atoms with Crippen LogP contribution in [0.1, 0.15) is 35.9 Å². The van der Waals surface area contributed by atoms with Gasteiger partial charge < -0.3 is 13.7 Å². The Kier molecular flexibility index (Phi) is 4.68. The van der Waals surface area contributed by atoms with Crippen LogP contribution in [-0.2, 0) is 11.2 Å². The van der Waals surface area contributed by atoms with Crippen LogP contribution in [0.15, 0.2) is 69.8 Å². The van der Waals surface area contributed by atoms with Gasteiger partial charge in [0.25, 0.3) is 5.89 Å². The number of likely N-dealkylation sites (tertiary alicyclic amines) is 1. The van der Waals surface area contributed by atoms with E-state index in [1.54, 1.807) is 12.5 Å². The molecule has 1 saturated heterocycles. The molecule has 0 bridgehead atoms. The van der Waals surface area contributed by atoms with Gasteiger partial charge in [-0.25, -0.2) is 0 Å². The van der Waals surface area contributed by atoms with E-state index in [4.69, 9.17) is 8.83 Å². The zero-order valence-corrected chi connectivity index (χ0v) is 18.2. The Balaban J connectivity index is 1.26. The minimum absolute atomic E-state index is 0.0313. The molecule has 7 heteroatoms. The van der Waals surface area contributed by atoms with Gasteiger partial charge >= 0.3 is 0 Å². The smallest absolute Gasteiger partial charge is 0.267 e. The van der Waals surface area contributed by atoms with Gasteiger partial charge in [-0.15, -0.1) is 10.2 Å². The Morgan fingerprint density at radius 2 is 2.03 bits per heavy atom. The molecule has 3 aromatic heterocycles. The Morgan fingerprint density at radius 3 is 2.97 bits per heavy atom. The van der Waals surface area contributed by atoms with Crippen molar-refractivity contribution in [3.05, 3.63) is 78.0 Å². The van der Waals surface area contributed by atoms with Crippen LogP contribution in [0.2, 0.25) is 0 Å². The third kappa shape index (κ3) is 3.46. The second-order valence-corrected chi connectivity index (χ2v) is 8.51. The second-order valence-electron chi connectivity index (χ2n) is 8.51. The lowest BCUT2D eigenvalue weighted by Crippen LogP contribution is -2.32. The number of amides is 1. The fourth-order valence-corrected chi connectivity index (χ4v) is 4.67. The van der Waals surface area contributed by atoms with E-state index in [0.717, 1.165) is 45.7 Å². The number of benzene rings is 2. The molecule has 33 heavy (non-hydrogen) atoms. The van der Waals surface area contributed by atoms with Gasteiger partial charge in [-0.1, -0.05) is 36.4 Å². The number of nitrogens with zero attached hydrogens (tertiary/aromatic N) is 4. The van der Waals surface area contributed by atoms with Gasteiger partial charge in [0.05, 0.1) is 12.7 Å². The van der Waals surface area contributed by atoms with Crippen LogP contribution in [0, 0.1) is 6.92 Å². The largest absolute Gasteiger partial charge is 0.464 e. The quantitative estimate of drug-likeness (QED) is 0.381. The van der Waals surface area contributed by atoms with E-state index in [1.165, 1.54) is 0 Å². The monoisotopic (exact) mass is 438 g/mol. The molecule has 7 nitrogen and oxygen atoms in total. The number of aryl methyl sites for hydroxylation is 1. The van der Waals surface area contributed by atoms with Gasteiger partial charge in [0.1, 0.15) is 17.3 Å². The van der Waals surface area contributed by atoms with Crippen LogP contribution in [-0.4, -0.2) is 32.5 Å². The molecule has 0 spiro atoms. The molecule has 0 aliphatic carbocycles. The lowest BCUT2D eigenvalue weighted by molar-refractivity contribution is -0.131. The molecule has 4 heterocycles. The lowest BCUT2D eigenvalue weighted by atomic mass is 10.1. The topological polar surface area (TPSA) is 85.3 Å². The summed E-state index contributed by atoms with van der Waals surface area (Å²) in [5, 5.41) is 11.6. The van der Waals surface area contributed by atoms with Crippen LogP contribution < -0.4 is 0 Å². The number of aromatic nitrogens is 3. The number of pyridine rings is 1. The van der Waals surface area contributed by atoms with Gasteiger partial charge in [-0.05, 0) is 42.8 Å². The maximum Gasteiger partial charge on any atom is 0.267 e. The Morgan fingerprint density at radius 1 is 1.12 bits per heavy atom. The van der Waals surface area contributed by atoms with E-state index in [9.17, 15) is 4.79 Å². The zero-order chi connectivity index (χ0) is 22.4. The normalized spacial score (nSPS) is 16.2. The van der Waals surface area contributed by atoms with Crippen LogP contribution in [0.4, 0.5) is 0 Å². The standard InChI is InChI=1S/C26H22N4O3/c1-16-8-9-19-18(15-32-22(19)13-16)14-23(31)30-12-4-7-21(30)25-28-29-26(33-25)24-20-6-3-2-5-17(20)10-11-27-24/h2-3,5-6,8-11,13,15,21H,4,7,12,14H2,1H3/t21-/m0/s1. The zero-order valence-electron chi connectivity index (χ0n) is 18.2. The molecule has 164 valence electrons. The van der Waals surface area contributed by atoms with E-state index in [1.807, 2.05) is 60.4 Å². The predicted octanol–water partition coefficient (Wildman–Crippen LogP) is 5.25. The highest BCUT2D eigenvalue weighted by atomic mass is 16.4. The molecule has 1 fully saturated rings. The average molecular weight is 438 g/mol. The maximum absolute atomic E-state index is 13.2. The van der Waals surface area contributed by atoms with Crippen molar-refractivity contribution in [2.75, 3.05) is 6.54 Å². The average Bonchev–Trinajstić information content (AvgIpc) is 3.58. The molecule has 0 N–H and O–H groups in total. The maximum atomic E-state index is 13.2. The van der Waals surface area contributed by atoms with Gasteiger partial charge in [-0.2, -0.15) is 0 Å². The third-order valence-electron chi connectivity index (χ3n) is 6.33. The molecule has 2 aromatic carbocycles. The van der Waals surface area contributed by atoms with Crippen molar-refractivity contribution in [2.45, 2.75) is 32.2 Å². The highest BCUT2D eigenvalue weighted by molar-refractivity contribution is 5.92. The van der Waals surface area contributed by atoms with Crippen molar-refractivity contribution >= 4 is 27.6 Å². The SMILES string of the molecule is Cc1ccc2c(CC(=O)N3CCC[C@H]3c3nnc(-c4nccc5ccccc45)o3)coc2c1. The predicted molar refractivity (Wildman–Crippen MR) is 123 cm³/mol. The van der Waals surface area contributed by atoms with Crippen LogP contribution >= 0.6 is 0 Å². The number of hydrogen-bond donors (Lipinski definition) is 0. The highest BCUT2D eigenvalue weighted by Crippen LogP contribution is 2.34. The molecular weight excluding hydrogens is 416 g/mol. The van der Waals surface area contributed by atoms with Crippen molar-refractivity contribution in [1.82, 2.24) is 20.1 Å². The van der Waals surface area contributed by atoms with Crippen LogP contribution in [0.25, 0.3) is 33.3 Å². The van der Waals surface area contributed by atoms with E-state index >= 15 is 0 Å². The minimum atomic E-state index is -0.228. The highest BCUT2D eigenvalue weighted by Gasteiger charge is 2.34. The number of furan rings is 1. The van der Waals surface area contributed by atoms with E-state index in [-0.39, 0.29) is 18.4 Å². The summed E-state index contributed by atoms with van der Waals surface area (Å²) in [5.41, 5.74) is 3.48. The number of hydrogen-bond acceptors (Lipinski definition) is 6. The number of carbonyl (C=O) groups is 1. The molecule has 0 unspecified atom stereocenters. The summed E-state index contributed by atoms with van der Waals surface area (Å²) < 4.78 is 11.7. The fourth-order valence-electron chi connectivity index (χ4n) is 4.67. The summed E-state index contributed by atoms with van der Waals surface area (Å²) in [4.78, 5) is 19.6.